The summed E-state index contributed by atoms with van der Waals surface area (Å²) in [6.45, 7) is 0. The molecule has 2 rings (SSSR count). The van der Waals surface area contributed by atoms with Crippen molar-refractivity contribution in [1.29, 1.82) is 0 Å². The summed E-state index contributed by atoms with van der Waals surface area (Å²) in [4.78, 5) is 15.7. The second-order valence-electron chi connectivity index (χ2n) is 3.58. The van der Waals surface area contributed by atoms with E-state index in [-0.39, 0.29) is 5.78 Å². The Morgan fingerprint density at radius 2 is 2.06 bits per heavy atom. The lowest BCUT2D eigenvalue weighted by atomic mass is 10.1. The molecule has 1 aromatic carbocycles. The quantitative estimate of drug-likeness (QED) is 0.495. The summed E-state index contributed by atoms with van der Waals surface area (Å²) in [6, 6.07) is 12.6. The molecule has 1 aromatic heterocycles. The van der Waals surface area contributed by atoms with Crippen LogP contribution in [0.2, 0.25) is 0 Å². The summed E-state index contributed by atoms with van der Waals surface area (Å²) in [6.07, 6.45) is 4.83. The van der Waals surface area contributed by atoms with Crippen molar-refractivity contribution in [3.63, 3.8) is 0 Å². The van der Waals surface area contributed by atoms with Gasteiger partial charge in [0.25, 0.3) is 0 Å². The fourth-order valence-electron chi connectivity index (χ4n) is 1.43. The van der Waals surface area contributed by atoms with Gasteiger partial charge in [-0.05, 0) is 35.9 Å². The predicted molar refractivity (Wildman–Crippen MR) is 68.5 cm³/mol. The lowest BCUT2D eigenvalue weighted by molar-refractivity contribution is 0.104. The summed E-state index contributed by atoms with van der Waals surface area (Å²) in [7, 11) is 0. The molecule has 2 N–H and O–H groups in total. The molecule has 1 heterocycles. The van der Waals surface area contributed by atoms with Gasteiger partial charge in [0.05, 0.1) is 0 Å². The Morgan fingerprint density at radius 1 is 1.18 bits per heavy atom. The summed E-state index contributed by atoms with van der Waals surface area (Å²) < 4.78 is 0. The Kier molecular flexibility index (Phi) is 3.31. The maximum absolute atomic E-state index is 11.7. The van der Waals surface area contributed by atoms with Gasteiger partial charge in [0.1, 0.15) is 5.69 Å². The fourth-order valence-corrected chi connectivity index (χ4v) is 1.43. The number of hydrogen-bond acceptors (Lipinski definition) is 3. The number of pyridine rings is 1. The van der Waals surface area contributed by atoms with Gasteiger partial charge in [0.15, 0.2) is 0 Å². The molecule has 0 bridgehead atoms. The van der Waals surface area contributed by atoms with E-state index in [1.807, 2.05) is 18.2 Å². The number of allylic oxidation sites excluding steroid dienone is 1. The van der Waals surface area contributed by atoms with Crippen LogP contribution in [0.4, 0.5) is 5.69 Å². The smallest absolute Gasteiger partial charge is 0.204 e. The molecule has 0 atom stereocenters. The zero-order valence-electron chi connectivity index (χ0n) is 9.21. The molecular weight excluding hydrogens is 212 g/mol. The second-order valence-corrected chi connectivity index (χ2v) is 3.58. The van der Waals surface area contributed by atoms with Gasteiger partial charge in [-0.1, -0.05) is 24.3 Å². The van der Waals surface area contributed by atoms with Crippen LogP contribution in [0.15, 0.2) is 54.7 Å². The topological polar surface area (TPSA) is 56.0 Å². The van der Waals surface area contributed by atoms with E-state index in [4.69, 9.17) is 5.73 Å². The van der Waals surface area contributed by atoms with E-state index >= 15 is 0 Å². The third-order valence-corrected chi connectivity index (χ3v) is 2.26. The maximum atomic E-state index is 11.7. The molecule has 0 aliphatic carbocycles. The first-order valence-corrected chi connectivity index (χ1v) is 5.25. The molecule has 2 aromatic rings. The molecule has 0 amide bonds. The number of benzene rings is 1. The molecule has 0 spiro atoms. The zero-order valence-corrected chi connectivity index (χ0v) is 9.21. The van der Waals surface area contributed by atoms with Crippen LogP contribution in [-0.4, -0.2) is 10.8 Å². The molecule has 3 nitrogen and oxygen atoms in total. The van der Waals surface area contributed by atoms with Crippen LogP contribution in [0.25, 0.3) is 6.08 Å². The summed E-state index contributed by atoms with van der Waals surface area (Å²) in [5.74, 6) is -0.118. The molecule has 0 radical (unpaired) electrons. The van der Waals surface area contributed by atoms with Gasteiger partial charge < -0.3 is 5.73 Å². The van der Waals surface area contributed by atoms with Gasteiger partial charge in [0.2, 0.25) is 5.78 Å². The molecule has 0 aliphatic heterocycles. The van der Waals surface area contributed by atoms with Crippen molar-refractivity contribution in [1.82, 2.24) is 4.98 Å². The van der Waals surface area contributed by atoms with Crippen molar-refractivity contribution in [3.8, 4) is 0 Å². The SMILES string of the molecule is Nc1cccc(/C=C/C(=O)c2ccccn2)c1. The van der Waals surface area contributed by atoms with E-state index < -0.39 is 0 Å². The molecule has 3 heteroatoms. The summed E-state index contributed by atoms with van der Waals surface area (Å²) >= 11 is 0. The number of nitrogens with two attached hydrogens (primary N) is 1. The van der Waals surface area contributed by atoms with Gasteiger partial charge >= 0.3 is 0 Å². The highest BCUT2D eigenvalue weighted by atomic mass is 16.1. The van der Waals surface area contributed by atoms with Gasteiger partial charge in [-0.15, -0.1) is 0 Å². The normalized spacial score (nSPS) is 10.6. The van der Waals surface area contributed by atoms with Crippen LogP contribution < -0.4 is 5.73 Å². The minimum Gasteiger partial charge on any atom is -0.399 e. The number of ketones is 1. The first-order valence-electron chi connectivity index (χ1n) is 5.25. The standard InChI is InChI=1S/C14H12N2O/c15-12-5-3-4-11(10-12)7-8-14(17)13-6-1-2-9-16-13/h1-10H,15H2/b8-7+. The number of nitrogen functional groups attached to an aromatic ring is 1. The van der Waals surface area contributed by atoms with Crippen molar-refractivity contribution < 1.29 is 4.79 Å². The zero-order chi connectivity index (χ0) is 12.1. The third kappa shape index (κ3) is 3.01. The van der Waals surface area contributed by atoms with E-state index in [1.165, 1.54) is 6.08 Å². The average molecular weight is 224 g/mol. The van der Waals surface area contributed by atoms with Gasteiger partial charge in [0, 0.05) is 11.9 Å². The molecule has 0 saturated heterocycles. The molecule has 0 aliphatic rings. The highest BCUT2D eigenvalue weighted by Crippen LogP contribution is 2.08. The Labute approximate surface area is 99.6 Å². The molecule has 84 valence electrons. The Bertz CT molecular complexity index is 547. The molecular formula is C14H12N2O. The van der Waals surface area contributed by atoms with Crippen LogP contribution in [0.1, 0.15) is 16.1 Å². The van der Waals surface area contributed by atoms with Gasteiger partial charge in [-0.3, -0.25) is 9.78 Å². The molecule has 0 saturated carbocycles. The van der Waals surface area contributed by atoms with Gasteiger partial charge in [-0.2, -0.15) is 0 Å². The highest BCUT2D eigenvalue weighted by Gasteiger charge is 2.00. The third-order valence-electron chi connectivity index (χ3n) is 2.26. The van der Waals surface area contributed by atoms with Crippen molar-refractivity contribution in [3.05, 3.63) is 66.0 Å². The lowest BCUT2D eigenvalue weighted by Gasteiger charge is -1.96. The van der Waals surface area contributed by atoms with E-state index in [2.05, 4.69) is 4.98 Å². The predicted octanol–water partition coefficient (Wildman–Crippen LogP) is 2.56. The first-order chi connectivity index (χ1) is 8.25. The monoisotopic (exact) mass is 224 g/mol. The summed E-state index contributed by atoms with van der Waals surface area (Å²) in [5, 5.41) is 0. The first kappa shape index (κ1) is 11.1. The van der Waals surface area contributed by atoms with Crippen molar-refractivity contribution in [2.75, 3.05) is 5.73 Å². The van der Waals surface area contributed by atoms with Crippen molar-refractivity contribution in [2.45, 2.75) is 0 Å². The van der Waals surface area contributed by atoms with Crippen LogP contribution in [0.5, 0.6) is 0 Å². The Morgan fingerprint density at radius 3 is 2.76 bits per heavy atom. The lowest BCUT2D eigenvalue weighted by Crippen LogP contribution is -1.96. The van der Waals surface area contributed by atoms with Gasteiger partial charge in [-0.25, -0.2) is 0 Å². The highest BCUT2D eigenvalue weighted by molar-refractivity contribution is 6.05. The minimum atomic E-state index is -0.118. The summed E-state index contributed by atoms with van der Waals surface area (Å²) in [5.41, 5.74) is 7.66. The molecule has 0 fully saturated rings. The molecule has 17 heavy (non-hydrogen) atoms. The van der Waals surface area contributed by atoms with Crippen LogP contribution in [0, 0.1) is 0 Å². The minimum absolute atomic E-state index is 0.118. The second kappa shape index (κ2) is 5.07. The van der Waals surface area contributed by atoms with Crippen LogP contribution in [0.3, 0.4) is 0 Å². The Balaban J connectivity index is 2.14. The van der Waals surface area contributed by atoms with E-state index in [9.17, 15) is 4.79 Å². The average Bonchev–Trinajstić information content (AvgIpc) is 2.37. The van der Waals surface area contributed by atoms with E-state index in [0.29, 0.717) is 11.4 Å². The van der Waals surface area contributed by atoms with Crippen LogP contribution >= 0.6 is 0 Å². The van der Waals surface area contributed by atoms with E-state index in [0.717, 1.165) is 5.56 Å². The fraction of sp³-hybridized carbons (Fsp3) is 0. The Hall–Kier alpha value is -2.42. The number of carbonyl (C=O) groups excluding carboxylic acids is 1. The van der Waals surface area contributed by atoms with E-state index in [1.54, 1.807) is 36.5 Å². The maximum Gasteiger partial charge on any atom is 0.204 e. The molecule has 0 unspecified atom stereocenters. The van der Waals surface area contributed by atoms with Crippen molar-refractivity contribution >= 4 is 17.5 Å². The number of carbonyl (C=O) groups is 1. The number of hydrogen-bond donors (Lipinski definition) is 1. The van der Waals surface area contributed by atoms with Crippen molar-refractivity contribution in [2.24, 2.45) is 0 Å². The number of rotatable bonds is 3. The number of anilines is 1. The number of nitrogens with zero attached hydrogens (tertiary/aromatic N) is 1. The van der Waals surface area contributed by atoms with Crippen LogP contribution in [-0.2, 0) is 0 Å². The number of aromatic nitrogens is 1. The largest absolute Gasteiger partial charge is 0.399 e.